The van der Waals surface area contributed by atoms with Gasteiger partial charge in [-0.2, -0.15) is 0 Å². The second-order valence-electron chi connectivity index (χ2n) is 10.7. The molecule has 1 fully saturated rings. The summed E-state index contributed by atoms with van der Waals surface area (Å²) in [5.41, 5.74) is 1.81. The molecular weight excluding hydrogens is 550 g/mol. The highest BCUT2D eigenvalue weighted by Gasteiger charge is 2.72. The third-order valence-electron chi connectivity index (χ3n) is 8.89. The van der Waals surface area contributed by atoms with E-state index in [1.807, 2.05) is 47.4 Å². The Bertz CT molecular complexity index is 1780. The normalized spacial score (nSPS) is 21.2. The van der Waals surface area contributed by atoms with Crippen LogP contribution in [-0.4, -0.2) is 43.7 Å². The first-order chi connectivity index (χ1) is 20.4. The van der Waals surface area contributed by atoms with Crippen molar-refractivity contribution < 1.29 is 23.9 Å². The fraction of sp³-hybridized carbons (Fsp3) is 0.171. The standard InChI is InChI=1S/C35H26ClNO5/c1-41-23-16-17-26(28(19-23)42-2)30-31(32(38)21-11-14-22(36)15-12-21)37-27-10-6-3-7-20(27)13-18-29(37)35(30)33(39)24-8-4-5-9-25(24)34(35)40/h3-19,29-31H,1-2H3/t29-,30-,31+/m1/s1. The molecule has 2 aliphatic heterocycles. The lowest BCUT2D eigenvalue weighted by molar-refractivity contribution is 0.0665. The van der Waals surface area contributed by atoms with Crippen LogP contribution in [0.2, 0.25) is 5.02 Å². The monoisotopic (exact) mass is 575 g/mol. The Balaban J connectivity index is 1.57. The summed E-state index contributed by atoms with van der Waals surface area (Å²) in [7, 11) is 3.09. The predicted octanol–water partition coefficient (Wildman–Crippen LogP) is 6.67. The summed E-state index contributed by atoms with van der Waals surface area (Å²) in [6.07, 6.45) is 3.85. The number of fused-ring (bicyclic) bond motifs is 5. The van der Waals surface area contributed by atoms with Crippen LogP contribution in [0.15, 0.2) is 97.1 Å². The van der Waals surface area contributed by atoms with Gasteiger partial charge in [-0.25, -0.2) is 0 Å². The van der Waals surface area contributed by atoms with Gasteiger partial charge in [0.2, 0.25) is 0 Å². The quantitative estimate of drug-likeness (QED) is 0.195. The van der Waals surface area contributed by atoms with Crippen molar-refractivity contribution in [1.82, 2.24) is 0 Å². The maximum atomic E-state index is 14.8. The summed E-state index contributed by atoms with van der Waals surface area (Å²) in [5.74, 6) is -0.722. The zero-order valence-electron chi connectivity index (χ0n) is 22.9. The molecule has 0 bridgehead atoms. The molecule has 6 nitrogen and oxygen atoms in total. The summed E-state index contributed by atoms with van der Waals surface area (Å²) < 4.78 is 11.3. The smallest absolute Gasteiger partial charge is 0.185 e. The molecule has 3 aliphatic rings. The van der Waals surface area contributed by atoms with Crippen LogP contribution >= 0.6 is 11.6 Å². The molecule has 0 amide bonds. The van der Waals surface area contributed by atoms with Crippen LogP contribution in [-0.2, 0) is 0 Å². The maximum absolute atomic E-state index is 14.8. The second-order valence-corrected chi connectivity index (χ2v) is 11.2. The number of Topliss-reactive ketones (excluding diaryl/α,β-unsaturated/α-hetero) is 3. The van der Waals surface area contributed by atoms with Gasteiger partial charge in [0.05, 0.1) is 20.3 Å². The van der Waals surface area contributed by atoms with E-state index < -0.39 is 23.4 Å². The van der Waals surface area contributed by atoms with Crippen LogP contribution in [0.1, 0.15) is 48.1 Å². The minimum atomic E-state index is -1.62. The van der Waals surface area contributed by atoms with Crippen LogP contribution in [0, 0.1) is 5.41 Å². The first-order valence-corrected chi connectivity index (χ1v) is 14.1. The lowest BCUT2D eigenvalue weighted by Crippen LogP contribution is -2.48. The SMILES string of the molecule is COc1ccc([C@@H]2[C@@H](C(=O)c3ccc(Cl)cc3)N3c4ccccc4C=C[C@@H]3C23C(=O)c2ccccc2C3=O)c(OC)c1. The Morgan fingerprint density at radius 2 is 1.50 bits per heavy atom. The highest BCUT2D eigenvalue weighted by atomic mass is 35.5. The van der Waals surface area contributed by atoms with Crippen molar-refractivity contribution in [2.45, 2.75) is 18.0 Å². The highest BCUT2D eigenvalue weighted by Crippen LogP contribution is 2.62. The topological polar surface area (TPSA) is 72.9 Å². The molecule has 3 atom stereocenters. The predicted molar refractivity (Wildman–Crippen MR) is 161 cm³/mol. The molecule has 0 radical (unpaired) electrons. The van der Waals surface area contributed by atoms with Gasteiger partial charge in [0.1, 0.15) is 23.0 Å². The molecule has 2 heterocycles. The summed E-state index contributed by atoms with van der Waals surface area (Å²) in [4.78, 5) is 46.3. The number of hydrogen-bond acceptors (Lipinski definition) is 6. The third kappa shape index (κ3) is 3.48. The summed E-state index contributed by atoms with van der Waals surface area (Å²) in [5, 5.41) is 0.503. The van der Waals surface area contributed by atoms with Gasteiger partial charge in [-0.05, 0) is 42.0 Å². The van der Waals surface area contributed by atoms with E-state index in [-0.39, 0.29) is 17.3 Å². The van der Waals surface area contributed by atoms with Gasteiger partial charge in [0, 0.05) is 44.9 Å². The Labute approximate surface area is 248 Å². The molecule has 208 valence electrons. The molecule has 4 aromatic rings. The average Bonchev–Trinajstić information content (AvgIpc) is 3.46. The zero-order valence-corrected chi connectivity index (χ0v) is 23.7. The van der Waals surface area contributed by atoms with Crippen molar-refractivity contribution >= 4 is 40.7 Å². The number of rotatable bonds is 5. The summed E-state index contributed by atoms with van der Waals surface area (Å²) in [6.45, 7) is 0. The zero-order chi connectivity index (χ0) is 29.2. The van der Waals surface area contributed by atoms with E-state index in [0.717, 1.165) is 11.3 Å². The van der Waals surface area contributed by atoms with E-state index in [1.54, 1.807) is 67.8 Å². The van der Waals surface area contributed by atoms with Crippen molar-refractivity contribution in [3.63, 3.8) is 0 Å². The lowest BCUT2D eigenvalue weighted by Gasteiger charge is -2.37. The van der Waals surface area contributed by atoms with E-state index >= 15 is 0 Å². The van der Waals surface area contributed by atoms with Crippen LogP contribution in [0.25, 0.3) is 6.08 Å². The number of hydrogen-bond donors (Lipinski definition) is 0. The van der Waals surface area contributed by atoms with E-state index in [4.69, 9.17) is 21.1 Å². The number of ether oxygens (including phenoxy) is 2. The molecule has 0 aromatic heterocycles. The number of anilines is 1. The molecule has 7 rings (SSSR count). The number of ketones is 3. The largest absolute Gasteiger partial charge is 0.497 e. The lowest BCUT2D eigenvalue weighted by atomic mass is 9.64. The van der Waals surface area contributed by atoms with Crippen LogP contribution < -0.4 is 14.4 Å². The van der Waals surface area contributed by atoms with Crippen molar-refractivity contribution in [3.8, 4) is 11.5 Å². The fourth-order valence-corrected chi connectivity index (χ4v) is 7.25. The molecule has 4 aromatic carbocycles. The van der Waals surface area contributed by atoms with E-state index in [1.165, 1.54) is 7.11 Å². The second kappa shape index (κ2) is 9.71. The van der Waals surface area contributed by atoms with Gasteiger partial charge in [-0.1, -0.05) is 72.3 Å². The summed E-state index contributed by atoms with van der Waals surface area (Å²) >= 11 is 6.19. The Morgan fingerprint density at radius 3 is 2.17 bits per heavy atom. The Hall–Kier alpha value is -4.68. The minimum Gasteiger partial charge on any atom is -0.497 e. The number of para-hydroxylation sites is 1. The van der Waals surface area contributed by atoms with Crippen LogP contribution in [0.3, 0.4) is 0 Å². The van der Waals surface area contributed by atoms with Crippen LogP contribution in [0.5, 0.6) is 11.5 Å². The van der Waals surface area contributed by atoms with Gasteiger partial charge >= 0.3 is 0 Å². The molecule has 7 heteroatoms. The molecule has 1 spiro atoms. The van der Waals surface area contributed by atoms with Crippen molar-refractivity contribution in [1.29, 1.82) is 0 Å². The maximum Gasteiger partial charge on any atom is 0.185 e. The molecule has 1 saturated heterocycles. The van der Waals surface area contributed by atoms with E-state index in [2.05, 4.69) is 0 Å². The minimum absolute atomic E-state index is 0.224. The van der Waals surface area contributed by atoms with Crippen molar-refractivity contribution in [2.24, 2.45) is 5.41 Å². The number of methoxy groups -OCH3 is 2. The van der Waals surface area contributed by atoms with Gasteiger partial charge in [-0.15, -0.1) is 0 Å². The molecule has 0 saturated carbocycles. The fourth-order valence-electron chi connectivity index (χ4n) is 7.12. The van der Waals surface area contributed by atoms with Gasteiger partial charge in [0.15, 0.2) is 17.3 Å². The Morgan fingerprint density at radius 1 is 0.833 bits per heavy atom. The molecular formula is C35H26ClNO5. The van der Waals surface area contributed by atoms with Gasteiger partial charge in [0.25, 0.3) is 0 Å². The first-order valence-electron chi connectivity index (χ1n) is 13.7. The average molecular weight is 576 g/mol. The van der Waals surface area contributed by atoms with Crippen molar-refractivity contribution in [3.05, 3.63) is 130 Å². The first kappa shape index (κ1) is 26.2. The molecule has 0 N–H and O–H groups in total. The molecule has 0 unspecified atom stereocenters. The number of carbonyl (C=O) groups is 3. The van der Waals surface area contributed by atoms with E-state index in [9.17, 15) is 14.4 Å². The molecule has 1 aliphatic carbocycles. The number of nitrogens with zero attached hydrogens (tertiary/aromatic N) is 1. The highest BCUT2D eigenvalue weighted by molar-refractivity contribution is 6.32. The van der Waals surface area contributed by atoms with Crippen LogP contribution in [0.4, 0.5) is 5.69 Å². The van der Waals surface area contributed by atoms with Gasteiger partial charge < -0.3 is 14.4 Å². The summed E-state index contributed by atoms with van der Waals surface area (Å²) in [6, 6.07) is 25.0. The van der Waals surface area contributed by atoms with Crippen molar-refractivity contribution in [2.75, 3.05) is 19.1 Å². The number of halogens is 1. The Kier molecular flexibility index (Phi) is 6.06. The number of benzene rings is 4. The number of carbonyl (C=O) groups excluding carboxylic acids is 3. The van der Waals surface area contributed by atoms with Gasteiger partial charge in [-0.3, -0.25) is 14.4 Å². The van der Waals surface area contributed by atoms with E-state index in [0.29, 0.717) is 38.8 Å². The third-order valence-corrected chi connectivity index (χ3v) is 9.14. The molecule has 42 heavy (non-hydrogen) atoms.